The standard InChI is InChI=1S/C17H15Cl2NO4/c1-23-15-4-2-3-11(5-15)9-20-16(21)10-24-17(22)12-6-13(18)8-14(19)7-12/h2-8H,9-10H2,1H3,(H,20,21). The molecule has 2 rings (SSSR count). The molecule has 24 heavy (non-hydrogen) atoms. The molecule has 2 aromatic rings. The lowest BCUT2D eigenvalue weighted by atomic mass is 10.2. The third kappa shape index (κ3) is 5.44. The molecule has 0 aromatic heterocycles. The number of carbonyl (C=O) groups excluding carboxylic acids is 2. The van der Waals surface area contributed by atoms with E-state index in [9.17, 15) is 9.59 Å². The highest BCUT2D eigenvalue weighted by molar-refractivity contribution is 6.35. The molecular weight excluding hydrogens is 353 g/mol. The Kier molecular flexibility index (Phi) is 6.46. The molecule has 5 nitrogen and oxygen atoms in total. The Balaban J connectivity index is 1.83. The largest absolute Gasteiger partial charge is 0.497 e. The molecule has 0 spiro atoms. The molecule has 7 heteroatoms. The molecule has 1 N–H and O–H groups in total. The zero-order valence-electron chi connectivity index (χ0n) is 12.8. The van der Waals surface area contributed by atoms with E-state index >= 15 is 0 Å². The number of hydrogen-bond acceptors (Lipinski definition) is 4. The highest BCUT2D eigenvalue weighted by Gasteiger charge is 2.12. The van der Waals surface area contributed by atoms with Gasteiger partial charge >= 0.3 is 5.97 Å². The lowest BCUT2D eigenvalue weighted by Gasteiger charge is -2.08. The predicted octanol–water partition coefficient (Wildman–Crippen LogP) is 3.48. The first kappa shape index (κ1) is 18.1. The number of nitrogens with one attached hydrogen (secondary N) is 1. The molecule has 0 aliphatic carbocycles. The van der Waals surface area contributed by atoms with Crippen LogP contribution in [-0.4, -0.2) is 25.6 Å². The Morgan fingerprint density at radius 2 is 1.79 bits per heavy atom. The number of esters is 1. The maximum absolute atomic E-state index is 11.9. The summed E-state index contributed by atoms with van der Waals surface area (Å²) in [5, 5.41) is 3.29. The summed E-state index contributed by atoms with van der Waals surface area (Å²) < 4.78 is 10.0. The topological polar surface area (TPSA) is 64.6 Å². The smallest absolute Gasteiger partial charge is 0.338 e. The van der Waals surface area contributed by atoms with E-state index in [1.54, 1.807) is 13.2 Å². The lowest BCUT2D eigenvalue weighted by molar-refractivity contribution is -0.124. The maximum Gasteiger partial charge on any atom is 0.338 e. The van der Waals surface area contributed by atoms with Crippen LogP contribution in [0.4, 0.5) is 0 Å². The third-order valence-corrected chi connectivity index (χ3v) is 3.49. The van der Waals surface area contributed by atoms with Crippen LogP contribution >= 0.6 is 23.2 Å². The summed E-state index contributed by atoms with van der Waals surface area (Å²) in [7, 11) is 1.57. The molecule has 1 amide bonds. The van der Waals surface area contributed by atoms with Crippen molar-refractivity contribution in [1.29, 1.82) is 0 Å². The molecule has 0 saturated heterocycles. The number of hydrogen-bond donors (Lipinski definition) is 1. The first-order chi connectivity index (χ1) is 11.5. The molecule has 0 radical (unpaired) electrons. The summed E-state index contributed by atoms with van der Waals surface area (Å²) in [5.41, 5.74) is 1.06. The SMILES string of the molecule is COc1cccc(CNC(=O)COC(=O)c2cc(Cl)cc(Cl)c2)c1. The molecular formula is C17H15Cl2NO4. The van der Waals surface area contributed by atoms with Crippen molar-refractivity contribution in [2.75, 3.05) is 13.7 Å². The molecule has 0 fully saturated rings. The zero-order chi connectivity index (χ0) is 17.5. The van der Waals surface area contributed by atoms with Gasteiger partial charge in [-0.05, 0) is 35.9 Å². The molecule has 2 aromatic carbocycles. The third-order valence-electron chi connectivity index (χ3n) is 3.06. The van der Waals surface area contributed by atoms with E-state index in [2.05, 4.69) is 5.32 Å². The summed E-state index contributed by atoms with van der Waals surface area (Å²) in [6, 6.07) is 11.6. The highest BCUT2D eigenvalue weighted by atomic mass is 35.5. The Morgan fingerprint density at radius 1 is 1.08 bits per heavy atom. The summed E-state index contributed by atoms with van der Waals surface area (Å²) in [4.78, 5) is 23.6. The van der Waals surface area contributed by atoms with Gasteiger partial charge in [-0.3, -0.25) is 4.79 Å². The summed E-state index contributed by atoms with van der Waals surface area (Å²) in [6.45, 7) is -0.0937. The second kappa shape index (κ2) is 8.57. The van der Waals surface area contributed by atoms with Crippen molar-refractivity contribution in [1.82, 2.24) is 5.32 Å². The maximum atomic E-state index is 11.9. The van der Waals surface area contributed by atoms with Crippen LogP contribution in [0.25, 0.3) is 0 Å². The van der Waals surface area contributed by atoms with E-state index in [1.165, 1.54) is 18.2 Å². The first-order valence-electron chi connectivity index (χ1n) is 7.01. The van der Waals surface area contributed by atoms with Crippen molar-refractivity contribution >= 4 is 35.1 Å². The van der Waals surface area contributed by atoms with Crippen LogP contribution in [-0.2, 0) is 16.1 Å². The van der Waals surface area contributed by atoms with Crippen LogP contribution < -0.4 is 10.1 Å². The van der Waals surface area contributed by atoms with Crippen molar-refractivity contribution in [3.05, 3.63) is 63.6 Å². The van der Waals surface area contributed by atoms with E-state index in [-0.39, 0.29) is 5.56 Å². The van der Waals surface area contributed by atoms with Gasteiger partial charge in [0.2, 0.25) is 0 Å². The number of amides is 1. The van der Waals surface area contributed by atoms with Crippen LogP contribution in [0.15, 0.2) is 42.5 Å². The Morgan fingerprint density at radius 3 is 2.46 bits per heavy atom. The van der Waals surface area contributed by atoms with Crippen molar-refractivity contribution in [2.45, 2.75) is 6.54 Å². The molecule has 0 aliphatic rings. The minimum Gasteiger partial charge on any atom is -0.497 e. The van der Waals surface area contributed by atoms with Gasteiger partial charge in [-0.25, -0.2) is 4.79 Å². The van der Waals surface area contributed by atoms with Gasteiger partial charge in [0.25, 0.3) is 5.91 Å². The predicted molar refractivity (Wildman–Crippen MR) is 91.6 cm³/mol. The van der Waals surface area contributed by atoms with Gasteiger partial charge in [-0.2, -0.15) is 0 Å². The van der Waals surface area contributed by atoms with Crippen molar-refractivity contribution in [3.63, 3.8) is 0 Å². The van der Waals surface area contributed by atoms with Crippen LogP contribution in [0, 0.1) is 0 Å². The van der Waals surface area contributed by atoms with Crippen LogP contribution in [0.5, 0.6) is 5.75 Å². The van der Waals surface area contributed by atoms with E-state index in [1.807, 2.05) is 18.2 Å². The van der Waals surface area contributed by atoms with Gasteiger partial charge in [0.15, 0.2) is 6.61 Å². The Bertz CT molecular complexity index is 729. The summed E-state index contributed by atoms with van der Waals surface area (Å²) >= 11 is 11.6. The second-order valence-electron chi connectivity index (χ2n) is 4.86. The average Bonchev–Trinajstić information content (AvgIpc) is 2.57. The fraction of sp³-hybridized carbons (Fsp3) is 0.176. The molecule has 126 valence electrons. The van der Waals surface area contributed by atoms with Crippen LogP contribution in [0.2, 0.25) is 10.0 Å². The Labute approximate surface area is 149 Å². The molecule has 0 bridgehead atoms. The number of rotatable bonds is 6. The van der Waals surface area contributed by atoms with E-state index in [0.717, 1.165) is 5.56 Å². The second-order valence-corrected chi connectivity index (χ2v) is 5.74. The minimum absolute atomic E-state index is 0.188. The highest BCUT2D eigenvalue weighted by Crippen LogP contribution is 2.19. The zero-order valence-corrected chi connectivity index (χ0v) is 14.4. The number of ether oxygens (including phenoxy) is 2. The quantitative estimate of drug-likeness (QED) is 0.793. The normalized spacial score (nSPS) is 10.1. The number of carbonyl (C=O) groups is 2. The molecule has 0 aliphatic heterocycles. The number of methoxy groups -OCH3 is 1. The van der Waals surface area contributed by atoms with Crippen LogP contribution in [0.3, 0.4) is 0 Å². The van der Waals surface area contributed by atoms with E-state index in [0.29, 0.717) is 22.3 Å². The fourth-order valence-electron chi connectivity index (χ4n) is 1.92. The lowest BCUT2D eigenvalue weighted by Crippen LogP contribution is -2.28. The van der Waals surface area contributed by atoms with Crippen molar-refractivity contribution in [2.24, 2.45) is 0 Å². The van der Waals surface area contributed by atoms with Crippen molar-refractivity contribution < 1.29 is 19.1 Å². The monoisotopic (exact) mass is 367 g/mol. The van der Waals surface area contributed by atoms with Crippen LogP contribution in [0.1, 0.15) is 15.9 Å². The molecule has 0 atom stereocenters. The minimum atomic E-state index is -0.670. The van der Waals surface area contributed by atoms with E-state index in [4.69, 9.17) is 32.7 Å². The van der Waals surface area contributed by atoms with Gasteiger partial charge in [0.1, 0.15) is 5.75 Å². The first-order valence-corrected chi connectivity index (χ1v) is 7.76. The Hall–Kier alpha value is -2.24. The average molecular weight is 368 g/mol. The van der Waals surface area contributed by atoms with Gasteiger partial charge < -0.3 is 14.8 Å². The number of benzene rings is 2. The molecule has 0 unspecified atom stereocenters. The summed E-state index contributed by atoms with van der Waals surface area (Å²) in [5.74, 6) is -0.388. The van der Waals surface area contributed by atoms with Gasteiger partial charge in [0, 0.05) is 16.6 Å². The number of halogens is 2. The fourth-order valence-corrected chi connectivity index (χ4v) is 2.45. The molecule has 0 saturated carbocycles. The summed E-state index contributed by atoms with van der Waals surface area (Å²) in [6.07, 6.45) is 0. The molecule has 0 heterocycles. The van der Waals surface area contributed by atoms with E-state index < -0.39 is 18.5 Å². The van der Waals surface area contributed by atoms with Gasteiger partial charge in [0.05, 0.1) is 12.7 Å². The van der Waals surface area contributed by atoms with Gasteiger partial charge in [-0.15, -0.1) is 0 Å². The van der Waals surface area contributed by atoms with Gasteiger partial charge in [-0.1, -0.05) is 35.3 Å². The van der Waals surface area contributed by atoms with Crippen molar-refractivity contribution in [3.8, 4) is 5.75 Å².